The molecule has 2 aromatic carbocycles. The maximum atomic E-state index is 6.42. The second-order valence-corrected chi connectivity index (χ2v) is 7.25. The number of nitrogens with one attached hydrogen (secondary N) is 1. The van der Waals surface area contributed by atoms with Crippen molar-refractivity contribution in [2.24, 2.45) is 5.73 Å². The Bertz CT molecular complexity index is 861. The lowest BCUT2D eigenvalue weighted by Gasteiger charge is -2.08. The monoisotopic (exact) mass is 360 g/mol. The molecule has 126 valence electrons. The van der Waals surface area contributed by atoms with Gasteiger partial charge in [-0.15, -0.1) is 0 Å². The van der Waals surface area contributed by atoms with Crippen LogP contribution in [0.25, 0.3) is 22.2 Å². The predicted octanol–water partition coefficient (Wildman–Crippen LogP) is 6.04. The second kappa shape index (κ2) is 7.18. The number of fused-ring (bicyclic) bond motifs is 1. The fraction of sp³-hybridized carbons (Fsp3) is 0.300. The minimum absolute atomic E-state index is 0.660. The Morgan fingerprint density at radius 2 is 1.67 bits per heavy atom. The minimum atomic E-state index is 0.660. The highest BCUT2D eigenvalue weighted by Gasteiger charge is 2.16. The molecule has 24 heavy (non-hydrogen) atoms. The van der Waals surface area contributed by atoms with Crippen LogP contribution >= 0.6 is 23.2 Å². The fourth-order valence-electron chi connectivity index (χ4n) is 3.34. The Kier molecular flexibility index (Phi) is 5.19. The first-order chi connectivity index (χ1) is 11.5. The molecule has 3 aromatic rings. The topological polar surface area (TPSA) is 41.8 Å². The van der Waals surface area contributed by atoms with E-state index in [1.807, 2.05) is 6.07 Å². The zero-order valence-electron chi connectivity index (χ0n) is 14.0. The van der Waals surface area contributed by atoms with Crippen LogP contribution < -0.4 is 5.73 Å². The molecular formula is C20H22Cl2N2. The highest BCUT2D eigenvalue weighted by Crippen LogP contribution is 2.37. The smallest absolute Gasteiger partial charge is 0.0662 e. The molecule has 0 saturated carbocycles. The van der Waals surface area contributed by atoms with Gasteiger partial charge in [0.05, 0.1) is 10.5 Å². The summed E-state index contributed by atoms with van der Waals surface area (Å²) in [7, 11) is 0. The summed E-state index contributed by atoms with van der Waals surface area (Å²) in [6.07, 6.45) is 3.01. The van der Waals surface area contributed by atoms with Gasteiger partial charge in [-0.1, -0.05) is 40.4 Å². The SMILES string of the molecule is Cc1cc(C)cc(-c2[nH]c3c(Cl)cc(Cl)cc3c2CCCCN)c1. The molecular weight excluding hydrogens is 339 g/mol. The number of H-pyrrole nitrogens is 1. The third-order valence-corrected chi connectivity index (χ3v) is 4.84. The van der Waals surface area contributed by atoms with Crippen molar-refractivity contribution in [1.29, 1.82) is 0 Å². The molecule has 0 fully saturated rings. The van der Waals surface area contributed by atoms with E-state index < -0.39 is 0 Å². The molecule has 0 aliphatic rings. The molecule has 3 N–H and O–H groups in total. The van der Waals surface area contributed by atoms with Gasteiger partial charge in [0.15, 0.2) is 0 Å². The van der Waals surface area contributed by atoms with Crippen molar-refractivity contribution in [1.82, 2.24) is 4.98 Å². The summed E-state index contributed by atoms with van der Waals surface area (Å²) < 4.78 is 0. The number of rotatable bonds is 5. The van der Waals surface area contributed by atoms with Gasteiger partial charge in [0.1, 0.15) is 0 Å². The number of aryl methyl sites for hydroxylation is 3. The van der Waals surface area contributed by atoms with Crippen LogP contribution in [0.15, 0.2) is 30.3 Å². The Morgan fingerprint density at radius 1 is 0.958 bits per heavy atom. The van der Waals surface area contributed by atoms with Crippen molar-refractivity contribution in [3.05, 3.63) is 57.1 Å². The predicted molar refractivity (Wildman–Crippen MR) is 105 cm³/mol. The molecule has 0 aliphatic heterocycles. The molecule has 4 heteroatoms. The van der Waals surface area contributed by atoms with Gasteiger partial charge in [-0.3, -0.25) is 0 Å². The van der Waals surface area contributed by atoms with E-state index in [1.165, 1.54) is 22.3 Å². The number of benzene rings is 2. The summed E-state index contributed by atoms with van der Waals surface area (Å²) in [6, 6.07) is 10.4. The molecule has 0 amide bonds. The maximum absolute atomic E-state index is 6.42. The zero-order chi connectivity index (χ0) is 17.3. The summed E-state index contributed by atoms with van der Waals surface area (Å²) in [4.78, 5) is 3.54. The Balaban J connectivity index is 2.21. The first-order valence-electron chi connectivity index (χ1n) is 8.28. The number of halogens is 2. The summed E-state index contributed by atoms with van der Waals surface area (Å²) in [5.41, 5.74) is 12.7. The van der Waals surface area contributed by atoms with Gasteiger partial charge in [0, 0.05) is 16.1 Å². The van der Waals surface area contributed by atoms with Crippen LogP contribution in [0.3, 0.4) is 0 Å². The molecule has 0 bridgehead atoms. The highest BCUT2D eigenvalue weighted by molar-refractivity contribution is 6.38. The van der Waals surface area contributed by atoms with E-state index in [-0.39, 0.29) is 0 Å². The van der Waals surface area contributed by atoms with E-state index in [2.05, 4.69) is 37.0 Å². The van der Waals surface area contributed by atoms with Crippen LogP contribution in [-0.2, 0) is 6.42 Å². The van der Waals surface area contributed by atoms with Crippen LogP contribution in [0.4, 0.5) is 0 Å². The molecule has 1 aromatic heterocycles. The summed E-state index contributed by atoms with van der Waals surface area (Å²) in [6.45, 7) is 4.96. The maximum Gasteiger partial charge on any atom is 0.0662 e. The van der Waals surface area contributed by atoms with Crippen molar-refractivity contribution in [2.45, 2.75) is 33.1 Å². The first-order valence-corrected chi connectivity index (χ1v) is 9.03. The lowest BCUT2D eigenvalue weighted by atomic mass is 9.98. The van der Waals surface area contributed by atoms with Gasteiger partial charge < -0.3 is 10.7 Å². The lowest BCUT2D eigenvalue weighted by molar-refractivity contribution is 0.748. The van der Waals surface area contributed by atoms with Crippen molar-refractivity contribution in [3.8, 4) is 11.3 Å². The number of hydrogen-bond acceptors (Lipinski definition) is 1. The molecule has 1 heterocycles. The number of hydrogen-bond donors (Lipinski definition) is 2. The molecule has 0 radical (unpaired) electrons. The Morgan fingerprint density at radius 3 is 2.33 bits per heavy atom. The van der Waals surface area contributed by atoms with Crippen LogP contribution in [0, 0.1) is 13.8 Å². The van der Waals surface area contributed by atoms with Gasteiger partial charge >= 0.3 is 0 Å². The normalized spacial score (nSPS) is 11.4. The number of nitrogens with two attached hydrogens (primary N) is 1. The molecule has 2 nitrogen and oxygen atoms in total. The van der Waals surface area contributed by atoms with Crippen LogP contribution in [0.2, 0.25) is 10.0 Å². The van der Waals surface area contributed by atoms with Crippen molar-refractivity contribution in [3.63, 3.8) is 0 Å². The summed E-state index contributed by atoms with van der Waals surface area (Å²) in [5, 5.41) is 2.44. The first kappa shape index (κ1) is 17.3. The highest BCUT2D eigenvalue weighted by atomic mass is 35.5. The van der Waals surface area contributed by atoms with E-state index in [4.69, 9.17) is 28.9 Å². The van der Waals surface area contributed by atoms with Crippen molar-refractivity contribution < 1.29 is 0 Å². The van der Waals surface area contributed by atoms with Gasteiger partial charge in [0.25, 0.3) is 0 Å². The molecule has 0 aliphatic carbocycles. The van der Waals surface area contributed by atoms with Gasteiger partial charge in [-0.05, 0) is 75.0 Å². The Labute approximate surface area is 153 Å². The van der Waals surface area contributed by atoms with Crippen molar-refractivity contribution >= 4 is 34.1 Å². The van der Waals surface area contributed by atoms with Crippen LogP contribution in [-0.4, -0.2) is 11.5 Å². The summed E-state index contributed by atoms with van der Waals surface area (Å²) in [5.74, 6) is 0. The largest absolute Gasteiger partial charge is 0.353 e. The van der Waals surface area contributed by atoms with Gasteiger partial charge in [-0.25, -0.2) is 0 Å². The van der Waals surface area contributed by atoms with Gasteiger partial charge in [-0.2, -0.15) is 0 Å². The molecule has 0 unspecified atom stereocenters. The van der Waals surface area contributed by atoms with Crippen LogP contribution in [0.5, 0.6) is 0 Å². The Hall–Kier alpha value is -1.48. The lowest BCUT2D eigenvalue weighted by Crippen LogP contribution is -1.99. The zero-order valence-corrected chi connectivity index (χ0v) is 15.6. The van der Waals surface area contributed by atoms with Crippen molar-refractivity contribution in [2.75, 3.05) is 6.54 Å². The number of unbranched alkanes of at least 4 members (excludes halogenated alkanes) is 1. The molecule has 0 saturated heterocycles. The van der Waals surface area contributed by atoms with E-state index in [9.17, 15) is 0 Å². The van der Waals surface area contributed by atoms with E-state index >= 15 is 0 Å². The fourth-order valence-corrected chi connectivity index (χ4v) is 3.89. The minimum Gasteiger partial charge on any atom is -0.353 e. The second-order valence-electron chi connectivity index (χ2n) is 6.41. The molecule has 3 rings (SSSR count). The quantitative estimate of drug-likeness (QED) is 0.535. The average molecular weight is 361 g/mol. The third kappa shape index (κ3) is 3.46. The number of aromatic amines is 1. The average Bonchev–Trinajstić information content (AvgIpc) is 2.86. The van der Waals surface area contributed by atoms with E-state index in [0.29, 0.717) is 16.6 Å². The van der Waals surface area contributed by atoms with E-state index in [0.717, 1.165) is 35.9 Å². The number of aromatic nitrogens is 1. The molecule has 0 spiro atoms. The van der Waals surface area contributed by atoms with E-state index in [1.54, 1.807) is 6.07 Å². The molecule has 0 atom stereocenters. The van der Waals surface area contributed by atoms with Gasteiger partial charge in [0.2, 0.25) is 0 Å². The summed E-state index contributed by atoms with van der Waals surface area (Å²) >= 11 is 12.7. The standard InChI is InChI=1S/C20H22Cl2N2/c1-12-7-13(2)9-14(8-12)19-16(5-3-4-6-23)17-10-15(21)11-18(22)20(17)24-19/h7-11,24H,3-6,23H2,1-2H3. The van der Waals surface area contributed by atoms with Crippen LogP contribution in [0.1, 0.15) is 29.5 Å². The third-order valence-electron chi connectivity index (χ3n) is 4.32.